The van der Waals surface area contributed by atoms with Gasteiger partial charge in [0.1, 0.15) is 0 Å². The van der Waals surface area contributed by atoms with Gasteiger partial charge in [-0.1, -0.05) is 0 Å². The maximum absolute atomic E-state index is 5.35. The molecule has 1 N–H and O–H groups in total. The zero-order valence-electron chi connectivity index (χ0n) is 9.08. The zero-order chi connectivity index (χ0) is 10.3. The number of ether oxygens (including phenoxy) is 1. The number of rotatable bonds is 6. The number of thiophene rings is 1. The van der Waals surface area contributed by atoms with Crippen LogP contribution in [0, 0.1) is 5.92 Å². The molecule has 1 aliphatic rings. The van der Waals surface area contributed by atoms with Gasteiger partial charge < -0.3 is 10.1 Å². The molecule has 2 rings (SSSR count). The van der Waals surface area contributed by atoms with Crippen LogP contribution in [0.5, 0.6) is 0 Å². The Morgan fingerprint density at radius 2 is 2.47 bits per heavy atom. The first-order valence-electron chi connectivity index (χ1n) is 5.74. The lowest BCUT2D eigenvalue weighted by atomic mass is 10.1. The van der Waals surface area contributed by atoms with Crippen LogP contribution in [-0.2, 0) is 11.2 Å². The Morgan fingerprint density at radius 3 is 3.20 bits per heavy atom. The van der Waals surface area contributed by atoms with Gasteiger partial charge in [0.2, 0.25) is 0 Å². The summed E-state index contributed by atoms with van der Waals surface area (Å²) in [6.45, 7) is 4.19. The van der Waals surface area contributed by atoms with Crippen LogP contribution in [0.25, 0.3) is 0 Å². The van der Waals surface area contributed by atoms with Crippen molar-refractivity contribution in [1.82, 2.24) is 5.32 Å². The van der Waals surface area contributed by atoms with Gasteiger partial charge >= 0.3 is 0 Å². The fourth-order valence-electron chi connectivity index (χ4n) is 1.91. The summed E-state index contributed by atoms with van der Waals surface area (Å²) in [5.41, 5.74) is 1.46. The van der Waals surface area contributed by atoms with E-state index in [4.69, 9.17) is 4.74 Å². The quantitative estimate of drug-likeness (QED) is 0.750. The predicted octanol–water partition coefficient (Wildman–Crippen LogP) is 2.31. The first-order valence-corrected chi connectivity index (χ1v) is 6.69. The third kappa shape index (κ3) is 3.93. The Balaban J connectivity index is 1.48. The van der Waals surface area contributed by atoms with E-state index in [1.807, 2.05) is 0 Å². The average Bonchev–Trinajstić information content (AvgIpc) is 2.88. The highest BCUT2D eigenvalue weighted by Gasteiger charge is 2.14. The molecule has 0 bridgehead atoms. The third-order valence-electron chi connectivity index (χ3n) is 2.92. The van der Waals surface area contributed by atoms with Gasteiger partial charge in [-0.15, -0.1) is 0 Å². The maximum atomic E-state index is 5.35. The van der Waals surface area contributed by atoms with E-state index in [0.717, 1.165) is 38.6 Å². The van der Waals surface area contributed by atoms with Crippen molar-refractivity contribution in [2.45, 2.75) is 19.3 Å². The Hall–Kier alpha value is -0.380. The topological polar surface area (TPSA) is 21.3 Å². The van der Waals surface area contributed by atoms with Crippen molar-refractivity contribution in [2.75, 3.05) is 26.3 Å². The van der Waals surface area contributed by atoms with E-state index in [-0.39, 0.29) is 0 Å². The second-order valence-electron chi connectivity index (χ2n) is 4.15. The van der Waals surface area contributed by atoms with Gasteiger partial charge in [-0.25, -0.2) is 0 Å². The molecular formula is C12H19NOS. The van der Waals surface area contributed by atoms with Gasteiger partial charge in [-0.2, -0.15) is 11.3 Å². The molecule has 0 saturated carbocycles. The number of nitrogens with one attached hydrogen (secondary N) is 1. The van der Waals surface area contributed by atoms with Gasteiger partial charge in [0, 0.05) is 13.2 Å². The largest absolute Gasteiger partial charge is 0.381 e. The summed E-state index contributed by atoms with van der Waals surface area (Å²) in [5.74, 6) is 0.804. The Morgan fingerprint density at radius 1 is 1.47 bits per heavy atom. The van der Waals surface area contributed by atoms with Gasteiger partial charge in [0.15, 0.2) is 0 Å². The van der Waals surface area contributed by atoms with Crippen molar-refractivity contribution in [3.8, 4) is 0 Å². The lowest BCUT2D eigenvalue weighted by Crippen LogP contribution is -2.20. The smallest absolute Gasteiger partial charge is 0.0495 e. The first kappa shape index (κ1) is 11.1. The molecule has 84 valence electrons. The Bertz CT molecular complexity index is 255. The van der Waals surface area contributed by atoms with Gasteiger partial charge in [0.25, 0.3) is 0 Å². The van der Waals surface area contributed by atoms with Crippen LogP contribution in [0.3, 0.4) is 0 Å². The van der Waals surface area contributed by atoms with Crippen LogP contribution in [0.1, 0.15) is 18.4 Å². The van der Waals surface area contributed by atoms with E-state index in [1.165, 1.54) is 18.4 Å². The summed E-state index contributed by atoms with van der Waals surface area (Å²) in [6.07, 6.45) is 3.68. The molecule has 1 aliphatic heterocycles. The van der Waals surface area contributed by atoms with Gasteiger partial charge in [-0.3, -0.25) is 0 Å². The lowest BCUT2D eigenvalue weighted by Gasteiger charge is -2.07. The second-order valence-corrected chi connectivity index (χ2v) is 4.93. The maximum Gasteiger partial charge on any atom is 0.0495 e. The Kier molecular flexibility index (Phi) is 4.64. The zero-order valence-corrected chi connectivity index (χ0v) is 9.89. The molecule has 0 aliphatic carbocycles. The number of hydrogen-bond acceptors (Lipinski definition) is 3. The normalized spacial score (nSPS) is 20.9. The minimum Gasteiger partial charge on any atom is -0.381 e. The molecule has 3 heteroatoms. The van der Waals surface area contributed by atoms with E-state index in [2.05, 4.69) is 22.1 Å². The molecule has 1 aromatic heterocycles. The molecule has 1 fully saturated rings. The second kappa shape index (κ2) is 6.26. The molecule has 1 atom stereocenters. The van der Waals surface area contributed by atoms with E-state index in [9.17, 15) is 0 Å². The van der Waals surface area contributed by atoms with E-state index < -0.39 is 0 Å². The molecule has 1 unspecified atom stereocenters. The summed E-state index contributed by atoms with van der Waals surface area (Å²) >= 11 is 1.78. The van der Waals surface area contributed by atoms with E-state index in [1.54, 1.807) is 11.3 Å². The van der Waals surface area contributed by atoms with Crippen LogP contribution in [0.4, 0.5) is 0 Å². The highest BCUT2D eigenvalue weighted by atomic mass is 32.1. The summed E-state index contributed by atoms with van der Waals surface area (Å²) < 4.78 is 5.35. The lowest BCUT2D eigenvalue weighted by molar-refractivity contribution is 0.184. The summed E-state index contributed by atoms with van der Waals surface area (Å²) in [6, 6.07) is 2.21. The van der Waals surface area contributed by atoms with Crippen molar-refractivity contribution in [3.05, 3.63) is 22.4 Å². The summed E-state index contributed by atoms with van der Waals surface area (Å²) in [7, 11) is 0. The Labute approximate surface area is 95.6 Å². The molecule has 0 aromatic carbocycles. The fourth-order valence-corrected chi connectivity index (χ4v) is 2.61. The van der Waals surface area contributed by atoms with Crippen LogP contribution in [0.15, 0.2) is 16.8 Å². The van der Waals surface area contributed by atoms with Crippen LogP contribution < -0.4 is 5.32 Å². The highest BCUT2D eigenvalue weighted by molar-refractivity contribution is 7.07. The molecule has 2 nitrogen and oxygen atoms in total. The van der Waals surface area contributed by atoms with E-state index >= 15 is 0 Å². The molecule has 1 saturated heterocycles. The average molecular weight is 225 g/mol. The minimum absolute atomic E-state index is 0.804. The fraction of sp³-hybridized carbons (Fsp3) is 0.667. The summed E-state index contributed by atoms with van der Waals surface area (Å²) in [4.78, 5) is 0. The highest BCUT2D eigenvalue weighted by Crippen LogP contribution is 2.15. The SMILES string of the molecule is c1cc(CCNCCC2CCOC2)cs1. The van der Waals surface area contributed by atoms with E-state index in [0.29, 0.717) is 0 Å². The molecule has 0 spiro atoms. The third-order valence-corrected chi connectivity index (χ3v) is 3.66. The molecule has 0 radical (unpaired) electrons. The number of hydrogen-bond donors (Lipinski definition) is 1. The predicted molar refractivity (Wildman–Crippen MR) is 64.4 cm³/mol. The first-order chi connectivity index (χ1) is 7.45. The molecule has 1 aromatic rings. The van der Waals surface area contributed by atoms with Crippen molar-refractivity contribution in [2.24, 2.45) is 5.92 Å². The summed E-state index contributed by atoms with van der Waals surface area (Å²) in [5, 5.41) is 7.87. The van der Waals surface area contributed by atoms with Crippen molar-refractivity contribution >= 4 is 11.3 Å². The van der Waals surface area contributed by atoms with Crippen LogP contribution >= 0.6 is 11.3 Å². The van der Waals surface area contributed by atoms with Crippen LogP contribution in [-0.4, -0.2) is 26.3 Å². The molecular weight excluding hydrogens is 206 g/mol. The minimum atomic E-state index is 0.804. The van der Waals surface area contributed by atoms with Crippen molar-refractivity contribution < 1.29 is 4.74 Å². The van der Waals surface area contributed by atoms with Crippen molar-refractivity contribution in [1.29, 1.82) is 0 Å². The monoisotopic (exact) mass is 225 g/mol. The van der Waals surface area contributed by atoms with Gasteiger partial charge in [-0.05, 0) is 60.7 Å². The van der Waals surface area contributed by atoms with Crippen molar-refractivity contribution in [3.63, 3.8) is 0 Å². The molecule has 0 amide bonds. The van der Waals surface area contributed by atoms with Gasteiger partial charge in [0.05, 0.1) is 0 Å². The van der Waals surface area contributed by atoms with Crippen LogP contribution in [0.2, 0.25) is 0 Å². The molecule has 2 heterocycles. The molecule has 15 heavy (non-hydrogen) atoms. The standard InChI is InChI=1S/C12H19NOS/c1(11-3-7-14-9-11)5-13-6-2-12-4-8-15-10-12/h4,8,10-11,13H,1-3,5-7,9H2.